The van der Waals surface area contributed by atoms with Gasteiger partial charge in [0.05, 0.1) is 11.9 Å². The van der Waals surface area contributed by atoms with E-state index in [1.807, 2.05) is 6.20 Å². The van der Waals surface area contributed by atoms with Crippen molar-refractivity contribution < 1.29 is 0 Å². The van der Waals surface area contributed by atoms with E-state index in [-0.39, 0.29) is 0 Å². The van der Waals surface area contributed by atoms with Crippen molar-refractivity contribution in [2.24, 2.45) is 0 Å². The fourth-order valence-electron chi connectivity index (χ4n) is 2.28. The van der Waals surface area contributed by atoms with Gasteiger partial charge in [-0.3, -0.25) is 0 Å². The summed E-state index contributed by atoms with van der Waals surface area (Å²) in [5.41, 5.74) is 1.16. The number of hydrogen-bond acceptors (Lipinski definition) is 4. The number of rotatable bonds is 2. The van der Waals surface area contributed by atoms with Gasteiger partial charge in [-0.25, -0.2) is 4.98 Å². The summed E-state index contributed by atoms with van der Waals surface area (Å²) in [5, 5.41) is 11.6. The van der Waals surface area contributed by atoms with Crippen LogP contribution in [0.25, 0.3) is 0 Å². The zero-order chi connectivity index (χ0) is 10.1. The summed E-state index contributed by atoms with van der Waals surface area (Å²) in [5.74, 6) is 2.09. The maximum atomic E-state index is 4.66. The molecule has 1 aliphatic heterocycles. The summed E-state index contributed by atoms with van der Waals surface area (Å²) in [7, 11) is 0. The average molecular weight is 204 g/mol. The monoisotopic (exact) mass is 204 g/mol. The summed E-state index contributed by atoms with van der Waals surface area (Å²) < 4.78 is 0. The van der Waals surface area contributed by atoms with Gasteiger partial charge in [-0.2, -0.15) is 5.10 Å². The van der Waals surface area contributed by atoms with Crippen LogP contribution < -0.4 is 5.32 Å². The molecule has 1 N–H and O–H groups in total. The second-order valence-corrected chi connectivity index (χ2v) is 4.56. The van der Waals surface area contributed by atoms with E-state index in [0.717, 1.165) is 31.0 Å². The highest BCUT2D eigenvalue weighted by Crippen LogP contribution is 2.35. The quantitative estimate of drug-likeness (QED) is 0.787. The first kappa shape index (κ1) is 9.21. The molecule has 1 aromatic rings. The molecule has 1 aliphatic carbocycles. The second-order valence-electron chi connectivity index (χ2n) is 4.56. The van der Waals surface area contributed by atoms with Gasteiger partial charge < -0.3 is 5.32 Å². The third kappa shape index (κ3) is 1.74. The summed E-state index contributed by atoms with van der Waals surface area (Å²) in [6.45, 7) is 2.09. The van der Waals surface area contributed by atoms with Crippen LogP contribution in [0.3, 0.4) is 0 Å². The molecule has 2 heterocycles. The number of nitrogens with one attached hydrogen (secondary N) is 1. The molecule has 1 atom stereocenters. The zero-order valence-corrected chi connectivity index (χ0v) is 8.82. The van der Waals surface area contributed by atoms with Gasteiger partial charge in [0.25, 0.3) is 0 Å². The lowest BCUT2D eigenvalue weighted by molar-refractivity contribution is 0.406. The standard InChI is InChI=1S/C11H16N4/c1-2-8(3-1)10-7-13-15-11(14-10)9-4-5-12-6-9/h7-9,12H,1-6H2. The van der Waals surface area contributed by atoms with Crippen LogP contribution in [0, 0.1) is 0 Å². The molecule has 15 heavy (non-hydrogen) atoms. The highest BCUT2D eigenvalue weighted by Gasteiger charge is 2.24. The molecule has 1 saturated heterocycles. The number of aromatic nitrogens is 3. The summed E-state index contributed by atoms with van der Waals surface area (Å²) in [6, 6.07) is 0. The van der Waals surface area contributed by atoms with Crippen LogP contribution in [0.4, 0.5) is 0 Å². The van der Waals surface area contributed by atoms with Gasteiger partial charge in [0.15, 0.2) is 5.82 Å². The Balaban J connectivity index is 1.81. The van der Waals surface area contributed by atoms with E-state index in [4.69, 9.17) is 0 Å². The van der Waals surface area contributed by atoms with Crippen molar-refractivity contribution in [3.8, 4) is 0 Å². The first-order valence-corrected chi connectivity index (χ1v) is 5.84. The fraction of sp³-hybridized carbons (Fsp3) is 0.727. The molecule has 4 nitrogen and oxygen atoms in total. The van der Waals surface area contributed by atoms with E-state index in [2.05, 4.69) is 20.5 Å². The summed E-state index contributed by atoms with van der Waals surface area (Å²) in [4.78, 5) is 4.66. The Labute approximate surface area is 89.5 Å². The van der Waals surface area contributed by atoms with Gasteiger partial charge in [0.1, 0.15) is 0 Å². The van der Waals surface area contributed by atoms with Crippen LogP contribution in [0.2, 0.25) is 0 Å². The molecule has 1 saturated carbocycles. The maximum Gasteiger partial charge on any atom is 0.155 e. The molecule has 0 bridgehead atoms. The van der Waals surface area contributed by atoms with Gasteiger partial charge in [-0.15, -0.1) is 5.10 Å². The molecule has 0 radical (unpaired) electrons. The maximum absolute atomic E-state index is 4.66. The Kier molecular flexibility index (Phi) is 2.37. The molecule has 3 rings (SSSR count). The van der Waals surface area contributed by atoms with Crippen LogP contribution in [0.15, 0.2) is 6.20 Å². The Bertz CT molecular complexity index is 342. The molecular formula is C11H16N4. The second kappa shape index (κ2) is 3.85. The smallest absolute Gasteiger partial charge is 0.155 e. The predicted molar refractivity (Wildman–Crippen MR) is 56.6 cm³/mol. The molecule has 2 aliphatic rings. The van der Waals surface area contributed by atoms with Crippen LogP contribution >= 0.6 is 0 Å². The largest absolute Gasteiger partial charge is 0.316 e. The van der Waals surface area contributed by atoms with Crippen molar-refractivity contribution in [2.75, 3.05) is 13.1 Å². The summed E-state index contributed by atoms with van der Waals surface area (Å²) in [6.07, 6.45) is 6.89. The molecule has 1 unspecified atom stereocenters. The molecule has 1 aromatic heterocycles. The topological polar surface area (TPSA) is 50.7 Å². The lowest BCUT2D eigenvalue weighted by Crippen LogP contribution is -2.16. The van der Waals surface area contributed by atoms with Crippen LogP contribution in [0.5, 0.6) is 0 Å². The molecule has 2 fully saturated rings. The van der Waals surface area contributed by atoms with Crippen LogP contribution in [-0.2, 0) is 0 Å². The normalized spacial score (nSPS) is 26.5. The molecule has 0 amide bonds. The fourth-order valence-corrected chi connectivity index (χ4v) is 2.28. The molecular weight excluding hydrogens is 188 g/mol. The third-order valence-corrected chi connectivity index (χ3v) is 3.54. The van der Waals surface area contributed by atoms with Crippen molar-refractivity contribution >= 4 is 0 Å². The van der Waals surface area contributed by atoms with E-state index >= 15 is 0 Å². The van der Waals surface area contributed by atoms with E-state index in [1.165, 1.54) is 19.3 Å². The summed E-state index contributed by atoms with van der Waals surface area (Å²) >= 11 is 0. The van der Waals surface area contributed by atoms with Crippen molar-refractivity contribution in [3.63, 3.8) is 0 Å². The van der Waals surface area contributed by atoms with Gasteiger partial charge >= 0.3 is 0 Å². The Hall–Kier alpha value is -1.03. The predicted octanol–water partition coefficient (Wildman–Crippen LogP) is 1.22. The SMILES string of the molecule is c1nnc(C2CCNC2)nc1C1CCC1. The van der Waals surface area contributed by atoms with E-state index in [1.54, 1.807) is 0 Å². The van der Waals surface area contributed by atoms with Crippen molar-refractivity contribution in [1.29, 1.82) is 0 Å². The van der Waals surface area contributed by atoms with Gasteiger partial charge in [0.2, 0.25) is 0 Å². The van der Waals surface area contributed by atoms with Crippen molar-refractivity contribution in [2.45, 2.75) is 37.5 Å². The van der Waals surface area contributed by atoms with Crippen LogP contribution in [0.1, 0.15) is 49.0 Å². The first-order chi connectivity index (χ1) is 7.43. The first-order valence-electron chi connectivity index (χ1n) is 5.84. The Morgan fingerprint density at radius 1 is 1.20 bits per heavy atom. The van der Waals surface area contributed by atoms with Gasteiger partial charge in [-0.1, -0.05) is 6.42 Å². The van der Waals surface area contributed by atoms with E-state index in [0.29, 0.717) is 11.8 Å². The minimum Gasteiger partial charge on any atom is -0.316 e. The molecule has 0 aromatic carbocycles. The minimum absolute atomic E-state index is 0.484. The van der Waals surface area contributed by atoms with E-state index in [9.17, 15) is 0 Å². The van der Waals surface area contributed by atoms with Crippen molar-refractivity contribution in [1.82, 2.24) is 20.5 Å². The van der Waals surface area contributed by atoms with E-state index < -0.39 is 0 Å². The Morgan fingerprint density at radius 3 is 2.80 bits per heavy atom. The lowest BCUT2D eigenvalue weighted by atomic mass is 9.83. The third-order valence-electron chi connectivity index (χ3n) is 3.54. The number of nitrogens with zero attached hydrogens (tertiary/aromatic N) is 3. The highest BCUT2D eigenvalue weighted by molar-refractivity contribution is 5.10. The van der Waals surface area contributed by atoms with Gasteiger partial charge in [0, 0.05) is 18.4 Å². The van der Waals surface area contributed by atoms with Gasteiger partial charge in [-0.05, 0) is 25.8 Å². The molecule has 4 heteroatoms. The average Bonchev–Trinajstić information content (AvgIpc) is 2.68. The zero-order valence-electron chi connectivity index (χ0n) is 8.82. The lowest BCUT2D eigenvalue weighted by Gasteiger charge is -2.24. The van der Waals surface area contributed by atoms with Crippen molar-refractivity contribution in [3.05, 3.63) is 17.7 Å². The highest BCUT2D eigenvalue weighted by atomic mass is 15.2. The Morgan fingerprint density at radius 2 is 2.13 bits per heavy atom. The number of hydrogen-bond donors (Lipinski definition) is 1. The minimum atomic E-state index is 0.484. The molecule has 80 valence electrons. The molecule has 0 spiro atoms. The van der Waals surface area contributed by atoms with Crippen LogP contribution in [-0.4, -0.2) is 28.3 Å².